The highest BCUT2D eigenvalue weighted by molar-refractivity contribution is 6.30. The number of nitriles is 2. The summed E-state index contributed by atoms with van der Waals surface area (Å²) < 4.78 is 0. The summed E-state index contributed by atoms with van der Waals surface area (Å²) >= 11 is 5.93. The first-order chi connectivity index (χ1) is 12.9. The van der Waals surface area contributed by atoms with Crippen LogP contribution >= 0.6 is 11.6 Å². The molecule has 0 radical (unpaired) electrons. The predicted octanol–water partition coefficient (Wildman–Crippen LogP) is 4.76. The number of nitrogens with zero attached hydrogens (tertiary/aromatic N) is 3. The van der Waals surface area contributed by atoms with Gasteiger partial charge < -0.3 is 5.32 Å². The second-order valence-corrected chi connectivity index (χ2v) is 7.87. The van der Waals surface area contributed by atoms with E-state index in [2.05, 4.69) is 30.6 Å². The maximum Gasteiger partial charge on any atom is 0.209 e. The van der Waals surface area contributed by atoms with Gasteiger partial charge in [0.05, 0.1) is 17.7 Å². The molecule has 1 aliphatic carbocycles. The Morgan fingerprint density at radius 3 is 2.59 bits per heavy atom. The van der Waals surface area contributed by atoms with Crippen molar-refractivity contribution < 1.29 is 0 Å². The van der Waals surface area contributed by atoms with Gasteiger partial charge in [-0.1, -0.05) is 31.5 Å². The van der Waals surface area contributed by atoms with Crippen LogP contribution in [0.4, 0.5) is 5.69 Å². The van der Waals surface area contributed by atoms with Gasteiger partial charge in [-0.15, -0.1) is 0 Å². The van der Waals surface area contributed by atoms with Gasteiger partial charge >= 0.3 is 0 Å². The first-order valence-corrected chi connectivity index (χ1v) is 9.06. The zero-order chi connectivity index (χ0) is 19.4. The van der Waals surface area contributed by atoms with Crippen LogP contribution in [0.15, 0.2) is 47.5 Å². The van der Waals surface area contributed by atoms with E-state index in [0.717, 1.165) is 24.1 Å². The molecular weight excluding hydrogens is 358 g/mol. The Labute approximate surface area is 164 Å². The first-order valence-electron chi connectivity index (χ1n) is 8.68. The Kier molecular flexibility index (Phi) is 5.35. The molecular formula is C21H20ClN5. The standard InChI is InChI=1S/C21H20ClN5/c1-21(2)10-15-4-3-14(12-23)9-18(15)19(11-21)27-20(25-13-24)26-17-7-5-16(22)6-8-17/h3-9,19H,10-11H2,1-2H3,(H2,25,26,27)/t19-/m0/s1. The van der Waals surface area contributed by atoms with Crippen molar-refractivity contribution in [3.8, 4) is 12.3 Å². The number of nitrogens with one attached hydrogen (secondary N) is 2. The molecule has 3 rings (SSSR count). The van der Waals surface area contributed by atoms with Crippen molar-refractivity contribution in [3.63, 3.8) is 0 Å². The summed E-state index contributed by atoms with van der Waals surface area (Å²) in [7, 11) is 0. The number of rotatable bonds is 2. The van der Waals surface area contributed by atoms with Crippen LogP contribution < -0.4 is 10.6 Å². The van der Waals surface area contributed by atoms with Crippen LogP contribution in [0.3, 0.4) is 0 Å². The maximum atomic E-state index is 9.25. The van der Waals surface area contributed by atoms with Crippen LogP contribution in [0.2, 0.25) is 5.02 Å². The van der Waals surface area contributed by atoms with E-state index < -0.39 is 0 Å². The molecule has 2 aromatic carbocycles. The largest absolute Gasteiger partial charge is 0.326 e. The van der Waals surface area contributed by atoms with Gasteiger partial charge in [0, 0.05) is 10.7 Å². The lowest BCUT2D eigenvalue weighted by atomic mass is 9.72. The van der Waals surface area contributed by atoms with Crippen molar-refractivity contribution in [1.29, 1.82) is 10.5 Å². The van der Waals surface area contributed by atoms with E-state index in [-0.39, 0.29) is 11.5 Å². The summed E-state index contributed by atoms with van der Waals surface area (Å²) in [5.74, 6) is 0.371. The molecule has 27 heavy (non-hydrogen) atoms. The van der Waals surface area contributed by atoms with Crippen LogP contribution in [0, 0.1) is 28.2 Å². The Morgan fingerprint density at radius 2 is 1.93 bits per heavy atom. The van der Waals surface area contributed by atoms with Gasteiger partial charge in [-0.25, -0.2) is 4.99 Å². The average molecular weight is 378 g/mol. The molecule has 5 nitrogen and oxygen atoms in total. The summed E-state index contributed by atoms with van der Waals surface area (Å²) in [5, 5.41) is 24.8. The molecule has 6 heteroatoms. The lowest BCUT2D eigenvalue weighted by Gasteiger charge is -2.35. The second kappa shape index (κ2) is 7.70. The molecule has 0 bridgehead atoms. The Hall–Kier alpha value is -3.02. The summed E-state index contributed by atoms with van der Waals surface area (Å²) in [6, 6.07) is 15.0. The topological polar surface area (TPSA) is 84.0 Å². The summed E-state index contributed by atoms with van der Waals surface area (Å²) in [5.41, 5.74) is 3.72. The minimum Gasteiger partial charge on any atom is -0.326 e. The first kappa shape index (κ1) is 18.8. The van der Waals surface area contributed by atoms with Crippen molar-refractivity contribution in [2.24, 2.45) is 10.4 Å². The zero-order valence-corrected chi connectivity index (χ0v) is 16.0. The smallest absolute Gasteiger partial charge is 0.209 e. The van der Waals surface area contributed by atoms with Crippen LogP contribution in [0.5, 0.6) is 0 Å². The molecule has 1 aliphatic rings. The van der Waals surface area contributed by atoms with Crippen LogP contribution in [-0.2, 0) is 6.42 Å². The Morgan fingerprint density at radius 1 is 1.19 bits per heavy atom. The van der Waals surface area contributed by atoms with Crippen LogP contribution in [0.25, 0.3) is 0 Å². The van der Waals surface area contributed by atoms with Crippen molar-refractivity contribution in [2.75, 3.05) is 5.32 Å². The van der Waals surface area contributed by atoms with Crippen molar-refractivity contribution in [3.05, 3.63) is 64.2 Å². The Balaban J connectivity index is 1.97. The number of fused-ring (bicyclic) bond motifs is 1. The molecule has 136 valence electrons. The quantitative estimate of drug-likeness (QED) is 0.342. The molecule has 0 aromatic heterocycles. The van der Waals surface area contributed by atoms with E-state index in [1.807, 2.05) is 36.5 Å². The number of guanidine groups is 1. The van der Waals surface area contributed by atoms with E-state index >= 15 is 0 Å². The molecule has 2 N–H and O–H groups in total. The summed E-state index contributed by atoms with van der Waals surface area (Å²) in [6.45, 7) is 4.42. The minimum absolute atomic E-state index is 0.0767. The molecule has 2 aromatic rings. The highest BCUT2D eigenvalue weighted by atomic mass is 35.5. The number of benzene rings is 2. The van der Waals surface area contributed by atoms with E-state index in [1.54, 1.807) is 12.1 Å². The van der Waals surface area contributed by atoms with Crippen molar-refractivity contribution in [2.45, 2.75) is 32.7 Å². The van der Waals surface area contributed by atoms with Gasteiger partial charge in [0.25, 0.3) is 0 Å². The molecule has 0 spiro atoms. The highest BCUT2D eigenvalue weighted by Gasteiger charge is 2.32. The van der Waals surface area contributed by atoms with Crippen LogP contribution in [-0.4, -0.2) is 5.96 Å². The average Bonchev–Trinajstić information content (AvgIpc) is 2.62. The normalized spacial score (nSPS) is 18.0. The molecule has 0 heterocycles. The molecule has 0 saturated carbocycles. The third kappa shape index (κ3) is 4.58. The third-order valence-electron chi connectivity index (χ3n) is 4.62. The van der Waals surface area contributed by atoms with Gasteiger partial charge in [0.2, 0.25) is 5.96 Å². The number of halogens is 1. The van der Waals surface area contributed by atoms with Gasteiger partial charge in [-0.3, -0.25) is 5.32 Å². The fourth-order valence-electron chi connectivity index (χ4n) is 3.45. The molecule has 0 amide bonds. The van der Waals surface area contributed by atoms with Crippen molar-refractivity contribution >= 4 is 23.2 Å². The molecule has 0 saturated heterocycles. The zero-order valence-electron chi connectivity index (χ0n) is 15.3. The minimum atomic E-state index is -0.146. The van der Waals surface area contributed by atoms with Gasteiger partial charge in [-0.05, 0) is 65.8 Å². The van der Waals surface area contributed by atoms with Crippen LogP contribution in [0.1, 0.15) is 43.0 Å². The van der Waals surface area contributed by atoms with E-state index in [4.69, 9.17) is 21.9 Å². The molecule has 1 atom stereocenters. The number of aliphatic imine (C=N–C) groups is 1. The molecule has 0 aliphatic heterocycles. The van der Waals surface area contributed by atoms with E-state index in [9.17, 15) is 5.26 Å². The van der Waals surface area contributed by atoms with E-state index in [1.165, 1.54) is 5.56 Å². The van der Waals surface area contributed by atoms with Gasteiger partial charge in [-0.2, -0.15) is 10.5 Å². The third-order valence-corrected chi connectivity index (χ3v) is 4.87. The monoisotopic (exact) mass is 377 g/mol. The number of anilines is 1. The maximum absolute atomic E-state index is 9.25. The fourth-order valence-corrected chi connectivity index (χ4v) is 3.57. The molecule has 0 unspecified atom stereocenters. The second-order valence-electron chi connectivity index (χ2n) is 7.43. The fraction of sp³-hybridized carbons (Fsp3) is 0.286. The Bertz CT molecular complexity index is 948. The predicted molar refractivity (Wildman–Crippen MR) is 107 cm³/mol. The highest BCUT2D eigenvalue weighted by Crippen LogP contribution is 2.43. The van der Waals surface area contributed by atoms with Crippen molar-refractivity contribution in [1.82, 2.24) is 5.32 Å². The molecule has 0 fully saturated rings. The van der Waals surface area contributed by atoms with Gasteiger partial charge in [0.15, 0.2) is 6.19 Å². The number of hydrogen-bond donors (Lipinski definition) is 2. The summed E-state index contributed by atoms with van der Waals surface area (Å²) in [4.78, 5) is 4.78. The lowest BCUT2D eigenvalue weighted by Crippen LogP contribution is -2.30. The number of hydrogen-bond acceptors (Lipinski definition) is 3. The lowest BCUT2D eigenvalue weighted by molar-refractivity contribution is 0.284. The SMILES string of the molecule is CC1(C)Cc2ccc(C#N)cc2[C@@H](N=C(NC#N)Nc2ccc(Cl)cc2)C1. The van der Waals surface area contributed by atoms with Gasteiger partial charge in [0.1, 0.15) is 0 Å². The van der Waals surface area contributed by atoms with E-state index in [0.29, 0.717) is 16.5 Å². The summed E-state index contributed by atoms with van der Waals surface area (Å²) in [6.07, 6.45) is 3.70.